The van der Waals surface area contributed by atoms with Crippen molar-refractivity contribution >= 4 is 23.1 Å². The molecule has 30 heavy (non-hydrogen) atoms. The highest BCUT2D eigenvalue weighted by atomic mass is 16.5. The molecule has 3 aromatic carbocycles. The molecule has 1 aliphatic heterocycles. The Balaban J connectivity index is 1.94. The van der Waals surface area contributed by atoms with E-state index in [-0.39, 0.29) is 17.1 Å². The topological polar surface area (TPSA) is 87.1 Å². The molecule has 6 heteroatoms. The molecule has 2 N–H and O–H groups in total. The van der Waals surface area contributed by atoms with E-state index in [0.29, 0.717) is 22.6 Å². The number of ketones is 1. The van der Waals surface area contributed by atoms with Crippen molar-refractivity contribution in [3.05, 3.63) is 95.6 Å². The lowest BCUT2D eigenvalue weighted by molar-refractivity contribution is -0.132. The van der Waals surface area contributed by atoms with Crippen LogP contribution in [0.5, 0.6) is 11.5 Å². The van der Waals surface area contributed by atoms with E-state index >= 15 is 0 Å². The van der Waals surface area contributed by atoms with Gasteiger partial charge in [-0.15, -0.1) is 0 Å². The van der Waals surface area contributed by atoms with E-state index in [1.54, 1.807) is 66.7 Å². The zero-order valence-corrected chi connectivity index (χ0v) is 16.1. The van der Waals surface area contributed by atoms with Gasteiger partial charge in [0, 0.05) is 17.3 Å². The summed E-state index contributed by atoms with van der Waals surface area (Å²) >= 11 is 0. The minimum Gasteiger partial charge on any atom is -0.508 e. The summed E-state index contributed by atoms with van der Waals surface area (Å²) in [7, 11) is 1.51. The Bertz CT molecular complexity index is 1140. The summed E-state index contributed by atoms with van der Waals surface area (Å²) in [5, 5.41) is 20.6. The fourth-order valence-corrected chi connectivity index (χ4v) is 3.58. The monoisotopic (exact) mass is 401 g/mol. The average molecular weight is 401 g/mol. The van der Waals surface area contributed by atoms with E-state index in [1.807, 2.05) is 0 Å². The maximum atomic E-state index is 13.0. The number of amides is 1. The van der Waals surface area contributed by atoms with Gasteiger partial charge in [0.2, 0.25) is 0 Å². The number of hydrogen-bond acceptors (Lipinski definition) is 5. The lowest BCUT2D eigenvalue weighted by Crippen LogP contribution is -2.29. The predicted molar refractivity (Wildman–Crippen MR) is 112 cm³/mol. The molecule has 0 radical (unpaired) electrons. The fourth-order valence-electron chi connectivity index (χ4n) is 3.58. The summed E-state index contributed by atoms with van der Waals surface area (Å²) in [6.45, 7) is 0. The van der Waals surface area contributed by atoms with Gasteiger partial charge >= 0.3 is 0 Å². The Labute approximate surface area is 173 Å². The number of aromatic hydroxyl groups is 1. The number of carbonyl (C=O) groups is 2. The summed E-state index contributed by atoms with van der Waals surface area (Å²) in [5.41, 5.74) is 1.46. The second kappa shape index (κ2) is 7.75. The van der Waals surface area contributed by atoms with Gasteiger partial charge in [0.1, 0.15) is 17.3 Å². The number of hydrogen-bond donors (Lipinski definition) is 2. The van der Waals surface area contributed by atoms with Crippen molar-refractivity contribution in [2.45, 2.75) is 6.04 Å². The predicted octanol–water partition coefficient (Wildman–Crippen LogP) is 4.03. The number of methoxy groups -OCH3 is 1. The third-order valence-corrected chi connectivity index (χ3v) is 5.03. The Hall–Kier alpha value is -4.06. The molecule has 0 saturated carbocycles. The highest BCUT2D eigenvalue weighted by molar-refractivity contribution is 6.51. The van der Waals surface area contributed by atoms with Crippen LogP contribution in [0.4, 0.5) is 5.69 Å². The number of aliphatic hydroxyl groups excluding tert-OH is 1. The SMILES string of the molecule is COc1cccc(N2C(=O)C(=O)/C(=C(/O)c3ccccc3)C2c2ccc(O)cc2)c1. The van der Waals surface area contributed by atoms with Crippen molar-refractivity contribution in [1.29, 1.82) is 0 Å². The average Bonchev–Trinajstić information content (AvgIpc) is 3.05. The third kappa shape index (κ3) is 3.28. The van der Waals surface area contributed by atoms with Gasteiger partial charge in [0.25, 0.3) is 11.7 Å². The van der Waals surface area contributed by atoms with E-state index in [0.717, 1.165) is 0 Å². The van der Waals surface area contributed by atoms with Crippen LogP contribution in [-0.2, 0) is 9.59 Å². The van der Waals surface area contributed by atoms with E-state index in [2.05, 4.69) is 0 Å². The Morgan fingerprint density at radius 2 is 1.63 bits per heavy atom. The molecular weight excluding hydrogens is 382 g/mol. The summed E-state index contributed by atoms with van der Waals surface area (Å²) < 4.78 is 5.26. The normalized spacial score (nSPS) is 17.9. The Kier molecular flexibility index (Phi) is 4.98. The van der Waals surface area contributed by atoms with Crippen LogP contribution in [0, 0.1) is 0 Å². The number of phenolic OH excluding ortho intramolecular Hbond substituents is 1. The molecule has 3 aromatic rings. The molecule has 0 aliphatic carbocycles. The third-order valence-electron chi connectivity index (χ3n) is 5.03. The molecule has 0 bridgehead atoms. The number of rotatable bonds is 4. The molecule has 0 aromatic heterocycles. The van der Waals surface area contributed by atoms with Gasteiger partial charge < -0.3 is 14.9 Å². The van der Waals surface area contributed by atoms with Crippen molar-refractivity contribution in [3.8, 4) is 11.5 Å². The van der Waals surface area contributed by atoms with Crippen LogP contribution in [0.2, 0.25) is 0 Å². The molecule has 150 valence electrons. The van der Waals surface area contributed by atoms with Crippen molar-refractivity contribution in [2.75, 3.05) is 12.0 Å². The van der Waals surface area contributed by atoms with Crippen molar-refractivity contribution in [2.24, 2.45) is 0 Å². The number of phenols is 1. The van der Waals surface area contributed by atoms with Crippen molar-refractivity contribution < 1.29 is 24.5 Å². The van der Waals surface area contributed by atoms with Gasteiger partial charge in [-0.2, -0.15) is 0 Å². The summed E-state index contributed by atoms with van der Waals surface area (Å²) in [5.74, 6) is -1.20. The fraction of sp³-hybridized carbons (Fsp3) is 0.0833. The maximum absolute atomic E-state index is 13.0. The zero-order valence-electron chi connectivity index (χ0n) is 16.1. The van der Waals surface area contributed by atoms with Crippen molar-refractivity contribution in [1.82, 2.24) is 0 Å². The molecule has 1 heterocycles. The summed E-state index contributed by atoms with van der Waals surface area (Å²) in [6, 6.07) is 20.8. The number of ether oxygens (including phenoxy) is 1. The largest absolute Gasteiger partial charge is 0.508 e. The second-order valence-corrected chi connectivity index (χ2v) is 6.83. The number of aliphatic hydroxyl groups is 1. The Morgan fingerprint density at radius 1 is 0.933 bits per heavy atom. The van der Waals surface area contributed by atoms with Gasteiger partial charge in [0.05, 0.1) is 18.7 Å². The van der Waals surface area contributed by atoms with Crippen molar-refractivity contribution in [3.63, 3.8) is 0 Å². The van der Waals surface area contributed by atoms with Crippen LogP contribution < -0.4 is 9.64 Å². The van der Waals surface area contributed by atoms with E-state index in [4.69, 9.17) is 4.74 Å². The van der Waals surface area contributed by atoms with Crippen LogP contribution in [0.1, 0.15) is 17.2 Å². The number of carbonyl (C=O) groups excluding carboxylic acids is 2. The van der Waals surface area contributed by atoms with Gasteiger partial charge in [-0.05, 0) is 29.8 Å². The number of benzene rings is 3. The summed E-state index contributed by atoms with van der Waals surface area (Å²) in [6.07, 6.45) is 0. The number of nitrogens with zero attached hydrogens (tertiary/aromatic N) is 1. The van der Waals surface area contributed by atoms with Crippen LogP contribution in [0.25, 0.3) is 5.76 Å². The first-order valence-corrected chi connectivity index (χ1v) is 9.30. The van der Waals surface area contributed by atoms with E-state index in [1.165, 1.54) is 24.1 Å². The minimum atomic E-state index is -0.863. The van der Waals surface area contributed by atoms with Gasteiger partial charge in [-0.3, -0.25) is 14.5 Å². The smallest absolute Gasteiger partial charge is 0.300 e. The molecule has 1 unspecified atom stereocenters. The quantitative estimate of drug-likeness (QED) is 0.392. The lowest BCUT2D eigenvalue weighted by Gasteiger charge is -2.25. The first-order chi connectivity index (χ1) is 14.5. The van der Waals surface area contributed by atoms with Crippen LogP contribution in [0.15, 0.2) is 84.4 Å². The van der Waals surface area contributed by atoms with E-state index < -0.39 is 17.7 Å². The lowest BCUT2D eigenvalue weighted by atomic mass is 9.95. The standard InChI is InChI=1S/C24H19NO5/c1-30-19-9-5-8-17(14-19)25-21(15-10-12-18(26)13-11-15)20(23(28)24(25)29)22(27)16-6-3-2-4-7-16/h2-14,21,26-27H,1H3/b22-20+. The van der Waals surface area contributed by atoms with Gasteiger partial charge in [-0.1, -0.05) is 48.5 Å². The molecule has 1 amide bonds. The number of Topliss-reactive ketones (excluding diaryl/α,β-unsaturated/α-hetero) is 1. The Morgan fingerprint density at radius 3 is 2.30 bits per heavy atom. The van der Waals surface area contributed by atoms with Crippen LogP contribution >= 0.6 is 0 Å². The van der Waals surface area contributed by atoms with Gasteiger partial charge in [-0.25, -0.2) is 0 Å². The molecule has 1 saturated heterocycles. The minimum absolute atomic E-state index is 0.0142. The number of anilines is 1. The van der Waals surface area contributed by atoms with E-state index in [9.17, 15) is 19.8 Å². The van der Waals surface area contributed by atoms with Crippen LogP contribution in [-0.4, -0.2) is 29.0 Å². The first-order valence-electron chi connectivity index (χ1n) is 9.30. The molecule has 0 spiro atoms. The molecule has 6 nitrogen and oxygen atoms in total. The highest BCUT2D eigenvalue weighted by Crippen LogP contribution is 2.43. The summed E-state index contributed by atoms with van der Waals surface area (Å²) in [4.78, 5) is 27.4. The molecule has 4 rings (SSSR count). The van der Waals surface area contributed by atoms with Crippen LogP contribution in [0.3, 0.4) is 0 Å². The molecule has 1 atom stereocenters. The highest BCUT2D eigenvalue weighted by Gasteiger charge is 2.47. The van der Waals surface area contributed by atoms with Gasteiger partial charge in [0.15, 0.2) is 0 Å². The zero-order chi connectivity index (χ0) is 21.3. The maximum Gasteiger partial charge on any atom is 0.300 e. The second-order valence-electron chi connectivity index (χ2n) is 6.83. The molecule has 1 aliphatic rings. The molecule has 1 fully saturated rings. The molecular formula is C24H19NO5. The first kappa shape index (κ1) is 19.3.